The molecular formula is C27H26FN3O. The Hall–Kier alpha value is -3.86. The van der Waals surface area contributed by atoms with Crippen molar-refractivity contribution in [1.29, 1.82) is 0 Å². The van der Waals surface area contributed by atoms with Crippen LogP contribution in [0, 0.1) is 5.82 Å². The summed E-state index contributed by atoms with van der Waals surface area (Å²) in [6.45, 7) is 0.440. The number of hydrogen-bond donors (Lipinski definition) is 2. The monoisotopic (exact) mass is 427 g/mol. The van der Waals surface area contributed by atoms with Crippen molar-refractivity contribution in [2.45, 2.75) is 5.92 Å². The second kappa shape index (κ2) is 9.52. The number of fused-ring (bicyclic) bond motifs is 1. The highest BCUT2D eigenvalue weighted by Crippen LogP contribution is 2.31. The van der Waals surface area contributed by atoms with Gasteiger partial charge in [0.1, 0.15) is 5.82 Å². The van der Waals surface area contributed by atoms with Crippen LogP contribution in [-0.4, -0.2) is 31.5 Å². The second-order valence-electron chi connectivity index (χ2n) is 7.96. The Balaban J connectivity index is 1.57. The normalized spacial score (nSPS) is 12.2. The van der Waals surface area contributed by atoms with Crippen LogP contribution in [0.25, 0.3) is 17.0 Å². The van der Waals surface area contributed by atoms with Crippen LogP contribution in [-0.2, 0) is 4.79 Å². The predicted molar refractivity (Wildman–Crippen MR) is 129 cm³/mol. The minimum atomic E-state index is -0.326. The molecule has 4 aromatic rings. The molecule has 1 amide bonds. The SMILES string of the molecule is CN(C)c1ccc(C(CNC(=O)C=Cc2cccc(F)c2)c2c[nH]c3ccccc23)cc1. The van der Waals surface area contributed by atoms with Crippen molar-refractivity contribution < 1.29 is 9.18 Å². The molecule has 0 radical (unpaired) electrons. The number of amides is 1. The molecule has 0 fully saturated rings. The van der Waals surface area contributed by atoms with Gasteiger partial charge >= 0.3 is 0 Å². The third kappa shape index (κ3) is 4.89. The topological polar surface area (TPSA) is 48.1 Å². The van der Waals surface area contributed by atoms with Gasteiger partial charge in [0.25, 0.3) is 0 Å². The predicted octanol–water partition coefficient (Wildman–Crippen LogP) is 5.33. The molecule has 0 aliphatic carbocycles. The van der Waals surface area contributed by atoms with Crippen LogP contribution in [0.1, 0.15) is 22.6 Å². The van der Waals surface area contributed by atoms with Gasteiger partial charge in [-0.2, -0.15) is 0 Å². The lowest BCUT2D eigenvalue weighted by Crippen LogP contribution is -2.27. The highest BCUT2D eigenvalue weighted by molar-refractivity contribution is 5.92. The van der Waals surface area contributed by atoms with Crippen molar-refractivity contribution in [3.05, 3.63) is 108 Å². The minimum absolute atomic E-state index is 0.0196. The van der Waals surface area contributed by atoms with Crippen LogP contribution in [0.15, 0.2) is 85.1 Å². The molecule has 32 heavy (non-hydrogen) atoms. The Bertz CT molecular complexity index is 1240. The molecule has 0 saturated carbocycles. The molecule has 0 aliphatic heterocycles. The second-order valence-corrected chi connectivity index (χ2v) is 7.96. The van der Waals surface area contributed by atoms with E-state index in [1.54, 1.807) is 18.2 Å². The number of carbonyl (C=O) groups is 1. The summed E-state index contributed by atoms with van der Waals surface area (Å²) < 4.78 is 13.4. The number of nitrogens with zero attached hydrogens (tertiary/aromatic N) is 1. The van der Waals surface area contributed by atoms with Crippen molar-refractivity contribution in [2.24, 2.45) is 0 Å². The zero-order valence-electron chi connectivity index (χ0n) is 18.2. The van der Waals surface area contributed by atoms with Crippen molar-refractivity contribution in [2.75, 3.05) is 25.5 Å². The van der Waals surface area contributed by atoms with Crippen LogP contribution in [0.3, 0.4) is 0 Å². The first-order chi connectivity index (χ1) is 15.5. The van der Waals surface area contributed by atoms with E-state index in [1.165, 1.54) is 18.2 Å². The summed E-state index contributed by atoms with van der Waals surface area (Å²) in [7, 11) is 4.02. The Morgan fingerprint density at radius 2 is 1.84 bits per heavy atom. The maximum absolute atomic E-state index is 13.4. The van der Waals surface area contributed by atoms with Gasteiger partial charge in [-0.3, -0.25) is 4.79 Å². The van der Waals surface area contributed by atoms with Crippen LogP contribution in [0.2, 0.25) is 0 Å². The summed E-state index contributed by atoms with van der Waals surface area (Å²) in [5.74, 6) is -0.564. The van der Waals surface area contributed by atoms with Crippen LogP contribution in [0.5, 0.6) is 0 Å². The molecule has 1 heterocycles. The van der Waals surface area contributed by atoms with Gasteiger partial charge in [-0.05, 0) is 53.1 Å². The molecular weight excluding hydrogens is 401 g/mol. The standard InChI is InChI=1S/C27H26FN3O/c1-31(2)22-13-11-20(12-14-22)24(25-18-29-26-9-4-3-8-23(25)26)17-30-27(32)15-10-19-6-5-7-21(28)16-19/h3-16,18,24,29H,17H2,1-2H3,(H,30,32). The molecule has 0 aliphatic rings. The van der Waals surface area contributed by atoms with Crippen molar-refractivity contribution in [3.63, 3.8) is 0 Å². The zero-order valence-corrected chi connectivity index (χ0v) is 18.2. The molecule has 2 N–H and O–H groups in total. The van der Waals surface area contributed by atoms with Gasteiger partial charge in [-0.1, -0.05) is 42.5 Å². The molecule has 162 valence electrons. The summed E-state index contributed by atoms with van der Waals surface area (Å²) in [4.78, 5) is 17.9. The van der Waals surface area contributed by atoms with Crippen molar-refractivity contribution >= 4 is 28.6 Å². The fourth-order valence-electron chi connectivity index (χ4n) is 3.84. The first-order valence-electron chi connectivity index (χ1n) is 10.6. The number of aromatic amines is 1. The lowest BCUT2D eigenvalue weighted by Gasteiger charge is -2.19. The van der Waals surface area contributed by atoms with Crippen molar-refractivity contribution in [1.82, 2.24) is 10.3 Å². The summed E-state index contributed by atoms with van der Waals surface area (Å²) in [5, 5.41) is 4.15. The van der Waals surface area contributed by atoms with E-state index in [4.69, 9.17) is 0 Å². The fraction of sp³-hybridized carbons (Fsp3) is 0.148. The minimum Gasteiger partial charge on any atom is -0.378 e. The lowest BCUT2D eigenvalue weighted by atomic mass is 9.90. The van der Waals surface area contributed by atoms with Crippen LogP contribution in [0.4, 0.5) is 10.1 Å². The van der Waals surface area contributed by atoms with Gasteiger partial charge in [0, 0.05) is 55.4 Å². The fourth-order valence-corrected chi connectivity index (χ4v) is 3.84. The maximum atomic E-state index is 13.4. The quantitative estimate of drug-likeness (QED) is 0.392. The zero-order chi connectivity index (χ0) is 22.5. The number of carbonyl (C=O) groups excluding carboxylic acids is 1. The molecule has 0 saturated heterocycles. The third-order valence-electron chi connectivity index (χ3n) is 5.56. The highest BCUT2D eigenvalue weighted by atomic mass is 19.1. The van der Waals surface area contributed by atoms with E-state index in [0.717, 1.165) is 27.7 Å². The Morgan fingerprint density at radius 3 is 2.59 bits per heavy atom. The molecule has 0 spiro atoms. The molecule has 3 aromatic carbocycles. The largest absolute Gasteiger partial charge is 0.378 e. The van der Waals surface area contributed by atoms with Crippen molar-refractivity contribution in [3.8, 4) is 0 Å². The van der Waals surface area contributed by atoms with Crippen LogP contribution >= 0.6 is 0 Å². The van der Waals surface area contributed by atoms with Gasteiger partial charge in [-0.15, -0.1) is 0 Å². The molecule has 1 atom stereocenters. The number of rotatable bonds is 7. The number of nitrogens with one attached hydrogen (secondary N) is 2. The Kier molecular flexibility index (Phi) is 6.36. The molecule has 1 unspecified atom stereocenters. The number of para-hydroxylation sites is 1. The summed E-state index contributed by atoms with van der Waals surface area (Å²) >= 11 is 0. The third-order valence-corrected chi connectivity index (χ3v) is 5.56. The number of hydrogen-bond acceptors (Lipinski definition) is 2. The first-order valence-corrected chi connectivity index (χ1v) is 10.6. The molecule has 0 bridgehead atoms. The van der Waals surface area contributed by atoms with Gasteiger partial charge in [-0.25, -0.2) is 4.39 Å². The number of benzene rings is 3. The summed E-state index contributed by atoms with van der Waals surface area (Å²) in [6.07, 6.45) is 5.07. The Morgan fingerprint density at radius 1 is 1.06 bits per heavy atom. The highest BCUT2D eigenvalue weighted by Gasteiger charge is 2.19. The summed E-state index contributed by atoms with van der Waals surface area (Å²) in [6, 6.07) is 22.7. The van der Waals surface area contributed by atoms with Crippen LogP contribution < -0.4 is 10.2 Å². The molecule has 4 nitrogen and oxygen atoms in total. The number of halogens is 1. The first kappa shape index (κ1) is 21.4. The van der Waals surface area contributed by atoms with Gasteiger partial charge in [0.2, 0.25) is 5.91 Å². The molecule has 1 aromatic heterocycles. The van der Waals surface area contributed by atoms with Gasteiger partial charge in [0.05, 0.1) is 0 Å². The number of H-pyrrole nitrogens is 1. The van der Waals surface area contributed by atoms with E-state index in [9.17, 15) is 9.18 Å². The van der Waals surface area contributed by atoms with E-state index >= 15 is 0 Å². The Labute approximate surface area is 187 Å². The van der Waals surface area contributed by atoms with E-state index in [2.05, 4.69) is 45.5 Å². The molecule has 4 rings (SSSR count). The number of aromatic nitrogens is 1. The lowest BCUT2D eigenvalue weighted by molar-refractivity contribution is -0.116. The smallest absolute Gasteiger partial charge is 0.244 e. The number of anilines is 1. The maximum Gasteiger partial charge on any atom is 0.244 e. The van der Waals surface area contributed by atoms with E-state index in [-0.39, 0.29) is 17.6 Å². The van der Waals surface area contributed by atoms with Gasteiger partial charge in [0.15, 0.2) is 0 Å². The average Bonchev–Trinajstić information content (AvgIpc) is 3.22. The molecule has 5 heteroatoms. The van der Waals surface area contributed by atoms with E-state index in [1.807, 2.05) is 38.5 Å². The van der Waals surface area contributed by atoms with E-state index in [0.29, 0.717) is 12.1 Å². The van der Waals surface area contributed by atoms with Gasteiger partial charge < -0.3 is 15.2 Å². The summed E-state index contributed by atoms with van der Waals surface area (Å²) in [5.41, 5.74) is 5.08. The van der Waals surface area contributed by atoms with E-state index < -0.39 is 0 Å². The average molecular weight is 428 g/mol.